The maximum atomic E-state index is 6.02. The summed E-state index contributed by atoms with van der Waals surface area (Å²) >= 11 is 0. The summed E-state index contributed by atoms with van der Waals surface area (Å²) in [4.78, 5) is 11.7. The summed E-state index contributed by atoms with van der Waals surface area (Å²) in [6.07, 6.45) is 7.06. The van der Waals surface area contributed by atoms with Crippen LogP contribution >= 0.6 is 0 Å². The Morgan fingerprint density at radius 2 is 1.77 bits per heavy atom. The van der Waals surface area contributed by atoms with Gasteiger partial charge in [-0.25, -0.2) is 4.98 Å². The maximum absolute atomic E-state index is 6.02. The van der Waals surface area contributed by atoms with Crippen LogP contribution in [0.3, 0.4) is 0 Å². The van der Waals surface area contributed by atoms with E-state index in [0.717, 1.165) is 44.0 Å². The van der Waals surface area contributed by atoms with Crippen molar-refractivity contribution in [2.75, 3.05) is 30.7 Å². The van der Waals surface area contributed by atoms with E-state index >= 15 is 0 Å². The minimum atomic E-state index is 0.407. The monoisotopic (exact) mass is 359 g/mol. The van der Waals surface area contributed by atoms with Gasteiger partial charge in [0.2, 0.25) is 5.95 Å². The van der Waals surface area contributed by atoms with Gasteiger partial charge in [-0.2, -0.15) is 4.98 Å². The third-order valence-electron chi connectivity index (χ3n) is 6.44. The molecule has 1 saturated carbocycles. The number of nitrogen functional groups attached to an aromatic ring is 1. The molecule has 1 aromatic rings. The molecule has 26 heavy (non-hydrogen) atoms. The zero-order chi connectivity index (χ0) is 18.1. The highest BCUT2D eigenvalue weighted by molar-refractivity contribution is 5.51. The van der Waals surface area contributed by atoms with Crippen molar-refractivity contribution in [3.8, 4) is 0 Å². The number of nitrogens with two attached hydrogens (primary N) is 1. The Kier molecular flexibility index (Phi) is 5.29. The molecule has 7 nitrogen and oxygen atoms in total. The quantitative estimate of drug-likeness (QED) is 0.644. The van der Waals surface area contributed by atoms with Gasteiger partial charge in [-0.3, -0.25) is 10.9 Å². The number of anilines is 2. The third kappa shape index (κ3) is 3.80. The van der Waals surface area contributed by atoms with Gasteiger partial charge in [-0.15, -0.1) is 0 Å². The Morgan fingerprint density at radius 1 is 1.08 bits per heavy atom. The summed E-state index contributed by atoms with van der Waals surface area (Å²) in [5, 5.41) is 3.67. The summed E-state index contributed by atoms with van der Waals surface area (Å²) in [6.45, 7) is 7.76. The number of aromatic nitrogens is 2. The zero-order valence-electron chi connectivity index (χ0n) is 16.1. The van der Waals surface area contributed by atoms with Crippen LogP contribution in [0.5, 0.6) is 0 Å². The number of hydrogen-bond donors (Lipinski definition) is 4. The van der Waals surface area contributed by atoms with Crippen molar-refractivity contribution in [3.05, 3.63) is 11.3 Å². The van der Waals surface area contributed by atoms with Crippen LogP contribution in [0.2, 0.25) is 0 Å². The van der Waals surface area contributed by atoms with Crippen LogP contribution in [0, 0.1) is 5.92 Å². The predicted octanol–water partition coefficient (Wildman–Crippen LogP) is 1.31. The molecule has 0 radical (unpaired) electrons. The van der Waals surface area contributed by atoms with Crippen molar-refractivity contribution >= 4 is 11.8 Å². The van der Waals surface area contributed by atoms with Gasteiger partial charge in [0, 0.05) is 55.7 Å². The summed E-state index contributed by atoms with van der Waals surface area (Å²) in [7, 11) is 0. The van der Waals surface area contributed by atoms with Crippen molar-refractivity contribution in [1.82, 2.24) is 25.7 Å². The highest BCUT2D eigenvalue weighted by atomic mass is 15.4. The van der Waals surface area contributed by atoms with Crippen LogP contribution in [-0.4, -0.2) is 52.6 Å². The lowest BCUT2D eigenvalue weighted by molar-refractivity contribution is 0.224. The third-order valence-corrected chi connectivity index (χ3v) is 6.44. The lowest BCUT2D eigenvalue weighted by Gasteiger charge is -2.27. The van der Waals surface area contributed by atoms with Gasteiger partial charge in [0.15, 0.2) is 0 Å². The molecule has 0 amide bonds. The molecule has 1 aliphatic carbocycles. The predicted molar refractivity (Wildman–Crippen MR) is 105 cm³/mol. The molecular formula is C19H33N7. The van der Waals surface area contributed by atoms with Gasteiger partial charge in [0.1, 0.15) is 5.82 Å². The second kappa shape index (κ2) is 7.66. The number of nitrogens with one attached hydrogen (secondary N) is 3. The molecule has 0 spiro atoms. The van der Waals surface area contributed by atoms with E-state index in [-0.39, 0.29) is 0 Å². The standard InChI is InChI=1S/C19H33N7/c1-12-16(13(2)25-24-12)11-26-9-7-15-17(8-10-26)22-19(20)23-18(15)21-14-5-3-4-6-14/h12-14,16,24-25H,3-11H2,1-2H3,(H3,20,21,22,23). The van der Waals surface area contributed by atoms with Crippen molar-refractivity contribution in [1.29, 1.82) is 0 Å². The number of rotatable bonds is 4. The molecule has 2 fully saturated rings. The van der Waals surface area contributed by atoms with Crippen molar-refractivity contribution < 1.29 is 0 Å². The zero-order valence-corrected chi connectivity index (χ0v) is 16.1. The molecule has 144 valence electrons. The van der Waals surface area contributed by atoms with Crippen molar-refractivity contribution in [3.63, 3.8) is 0 Å². The van der Waals surface area contributed by atoms with Crippen LogP contribution in [-0.2, 0) is 12.8 Å². The van der Waals surface area contributed by atoms with Crippen LogP contribution in [0.25, 0.3) is 0 Å². The molecular weight excluding hydrogens is 326 g/mol. The van der Waals surface area contributed by atoms with Gasteiger partial charge in [-0.1, -0.05) is 12.8 Å². The van der Waals surface area contributed by atoms with E-state index in [1.54, 1.807) is 0 Å². The minimum absolute atomic E-state index is 0.407. The maximum Gasteiger partial charge on any atom is 0.222 e. The first-order chi connectivity index (χ1) is 12.6. The Bertz CT molecular complexity index is 619. The summed E-state index contributed by atoms with van der Waals surface area (Å²) < 4.78 is 0. The van der Waals surface area contributed by atoms with Crippen LogP contribution in [0.4, 0.5) is 11.8 Å². The largest absolute Gasteiger partial charge is 0.368 e. The molecule has 0 bridgehead atoms. The van der Waals surface area contributed by atoms with E-state index in [1.165, 1.54) is 31.2 Å². The van der Waals surface area contributed by atoms with Gasteiger partial charge in [-0.05, 0) is 33.1 Å². The fourth-order valence-electron chi connectivity index (χ4n) is 4.75. The number of fused-ring (bicyclic) bond motifs is 1. The van der Waals surface area contributed by atoms with E-state index in [4.69, 9.17) is 5.73 Å². The molecule has 1 aromatic heterocycles. The molecule has 2 unspecified atom stereocenters. The summed E-state index contributed by atoms with van der Waals surface area (Å²) in [6, 6.07) is 1.56. The fraction of sp³-hybridized carbons (Fsp3) is 0.789. The van der Waals surface area contributed by atoms with E-state index in [0.29, 0.717) is 30.0 Å². The second-order valence-corrected chi connectivity index (χ2v) is 8.31. The van der Waals surface area contributed by atoms with E-state index in [2.05, 4.69) is 44.9 Å². The molecule has 2 atom stereocenters. The lowest BCUT2D eigenvalue weighted by atomic mass is 9.96. The Balaban J connectivity index is 1.46. The van der Waals surface area contributed by atoms with Crippen molar-refractivity contribution in [2.45, 2.75) is 70.5 Å². The smallest absolute Gasteiger partial charge is 0.222 e. The SMILES string of the molecule is CC1NNC(C)C1CN1CCc2nc(N)nc(NC3CCCC3)c2CC1. The van der Waals surface area contributed by atoms with Crippen LogP contribution in [0.15, 0.2) is 0 Å². The molecule has 3 aliphatic rings. The minimum Gasteiger partial charge on any atom is -0.368 e. The average molecular weight is 360 g/mol. The molecule has 4 rings (SSSR count). The first-order valence-electron chi connectivity index (χ1n) is 10.3. The topological polar surface area (TPSA) is 91.1 Å². The van der Waals surface area contributed by atoms with Gasteiger partial charge in [0.25, 0.3) is 0 Å². The van der Waals surface area contributed by atoms with E-state index in [1.807, 2.05) is 0 Å². The average Bonchev–Trinajstić information content (AvgIpc) is 3.17. The van der Waals surface area contributed by atoms with E-state index in [9.17, 15) is 0 Å². The highest BCUT2D eigenvalue weighted by Crippen LogP contribution is 2.27. The van der Waals surface area contributed by atoms with Crippen molar-refractivity contribution in [2.24, 2.45) is 5.92 Å². The van der Waals surface area contributed by atoms with Gasteiger partial charge in [0.05, 0.1) is 5.69 Å². The van der Waals surface area contributed by atoms with E-state index < -0.39 is 0 Å². The Labute approximate surface area is 156 Å². The van der Waals surface area contributed by atoms with Crippen LogP contribution in [0.1, 0.15) is 50.8 Å². The molecule has 5 N–H and O–H groups in total. The molecule has 7 heteroatoms. The number of nitrogens with zero attached hydrogens (tertiary/aromatic N) is 3. The molecule has 3 heterocycles. The van der Waals surface area contributed by atoms with Gasteiger partial charge >= 0.3 is 0 Å². The second-order valence-electron chi connectivity index (χ2n) is 8.31. The van der Waals surface area contributed by atoms with Gasteiger partial charge < -0.3 is 16.0 Å². The summed E-state index contributed by atoms with van der Waals surface area (Å²) in [5.74, 6) is 2.03. The molecule has 1 saturated heterocycles. The summed E-state index contributed by atoms with van der Waals surface area (Å²) in [5.41, 5.74) is 15.2. The fourth-order valence-corrected chi connectivity index (χ4v) is 4.75. The van der Waals surface area contributed by atoms with Crippen LogP contribution < -0.4 is 21.9 Å². The Hall–Kier alpha value is -1.44. The number of hydrazine groups is 1. The normalized spacial score (nSPS) is 30.3. The number of hydrogen-bond acceptors (Lipinski definition) is 7. The molecule has 0 aromatic carbocycles. The molecule has 2 aliphatic heterocycles. The first-order valence-corrected chi connectivity index (χ1v) is 10.3. The Morgan fingerprint density at radius 3 is 2.50 bits per heavy atom. The first kappa shape index (κ1) is 17.9. The highest BCUT2D eigenvalue weighted by Gasteiger charge is 2.32. The lowest BCUT2D eigenvalue weighted by Crippen LogP contribution is -2.38.